The second-order valence-electron chi connectivity index (χ2n) is 3.63. The number of nitrogens with two attached hydrogens (primary N) is 2. The number of nitrogen functional groups attached to an aromatic ring is 1. The van der Waals surface area contributed by atoms with Gasteiger partial charge >= 0.3 is 6.18 Å². The van der Waals surface area contributed by atoms with Gasteiger partial charge in [-0.05, 0) is 18.2 Å². The highest BCUT2D eigenvalue weighted by Crippen LogP contribution is 2.33. The molecule has 0 aliphatic heterocycles. The molecule has 0 bridgehead atoms. The third kappa shape index (κ3) is 2.90. The zero-order chi connectivity index (χ0) is 14.1. The van der Waals surface area contributed by atoms with Crippen LogP contribution < -0.4 is 11.5 Å². The van der Waals surface area contributed by atoms with E-state index < -0.39 is 35.4 Å². The van der Waals surface area contributed by atoms with Gasteiger partial charge in [-0.3, -0.25) is 4.79 Å². The predicted octanol–water partition coefficient (Wildman–Crippen LogP) is 0.167. The van der Waals surface area contributed by atoms with Crippen molar-refractivity contribution in [1.29, 1.82) is 0 Å². The van der Waals surface area contributed by atoms with Crippen molar-refractivity contribution in [2.24, 2.45) is 5.73 Å². The highest BCUT2D eigenvalue weighted by Gasteiger charge is 2.33. The van der Waals surface area contributed by atoms with Crippen LogP contribution in [0.15, 0.2) is 18.2 Å². The molecular weight excluding hydrogens is 253 g/mol. The van der Waals surface area contributed by atoms with E-state index in [1.165, 1.54) is 0 Å². The minimum atomic E-state index is -4.63. The predicted molar refractivity (Wildman–Crippen MR) is 56.0 cm³/mol. The molecule has 0 heterocycles. The van der Waals surface area contributed by atoms with Crippen LogP contribution in [0.5, 0.6) is 0 Å². The summed E-state index contributed by atoms with van der Waals surface area (Å²) in [5.74, 6) is -1.26. The van der Waals surface area contributed by atoms with Crippen LogP contribution in [0.2, 0.25) is 0 Å². The van der Waals surface area contributed by atoms with Gasteiger partial charge in [0, 0.05) is 11.3 Å². The van der Waals surface area contributed by atoms with E-state index in [-0.39, 0.29) is 5.69 Å². The molecule has 8 heteroatoms. The van der Waals surface area contributed by atoms with Crippen LogP contribution in [0.25, 0.3) is 0 Å². The van der Waals surface area contributed by atoms with Crippen LogP contribution in [-0.4, -0.2) is 22.2 Å². The number of carbonyl (C=O) groups is 1. The maximum atomic E-state index is 12.4. The molecule has 1 rings (SSSR count). The second kappa shape index (κ2) is 4.83. The monoisotopic (exact) mass is 264 g/mol. The van der Waals surface area contributed by atoms with E-state index in [9.17, 15) is 28.2 Å². The summed E-state index contributed by atoms with van der Waals surface area (Å²) in [4.78, 5) is 10.7. The molecule has 0 aromatic heterocycles. The number of benzene rings is 1. The Morgan fingerprint density at radius 1 is 1.28 bits per heavy atom. The highest BCUT2D eigenvalue weighted by molar-refractivity contribution is 5.79. The molecule has 0 aliphatic carbocycles. The number of halogens is 3. The molecule has 0 saturated carbocycles. The molecule has 0 aliphatic rings. The Labute approximate surface area is 99.8 Å². The zero-order valence-electron chi connectivity index (χ0n) is 8.98. The maximum Gasteiger partial charge on any atom is 0.416 e. The molecule has 2 atom stereocenters. The van der Waals surface area contributed by atoms with Crippen LogP contribution in [0, 0.1) is 0 Å². The van der Waals surface area contributed by atoms with Crippen LogP contribution >= 0.6 is 0 Å². The topological polar surface area (TPSA) is 110 Å². The fourth-order valence-electron chi connectivity index (χ4n) is 1.33. The SMILES string of the molecule is NC(=O)C(O)C(O)c1cc(C(F)(F)F)ccc1N. The van der Waals surface area contributed by atoms with Gasteiger partial charge in [-0.2, -0.15) is 13.2 Å². The third-order valence-electron chi connectivity index (χ3n) is 2.32. The number of primary amides is 1. The first-order valence-corrected chi connectivity index (χ1v) is 4.76. The minimum absolute atomic E-state index is 0.184. The summed E-state index contributed by atoms with van der Waals surface area (Å²) in [7, 11) is 0. The number of anilines is 1. The number of carbonyl (C=O) groups excluding carboxylic acids is 1. The molecule has 1 aromatic carbocycles. The van der Waals surface area contributed by atoms with Crippen molar-refractivity contribution in [3.05, 3.63) is 29.3 Å². The van der Waals surface area contributed by atoms with Gasteiger partial charge in [0.25, 0.3) is 0 Å². The maximum absolute atomic E-state index is 12.4. The molecule has 0 radical (unpaired) electrons. The molecular formula is C10H11F3N2O3. The number of alkyl halides is 3. The Balaban J connectivity index is 3.20. The molecule has 2 unspecified atom stereocenters. The van der Waals surface area contributed by atoms with Gasteiger partial charge < -0.3 is 21.7 Å². The van der Waals surface area contributed by atoms with Crippen LogP contribution in [0.1, 0.15) is 17.2 Å². The lowest BCUT2D eigenvalue weighted by molar-refractivity contribution is -0.137. The summed E-state index contributed by atoms with van der Waals surface area (Å²) in [5, 5.41) is 18.7. The smallest absolute Gasteiger partial charge is 0.398 e. The summed E-state index contributed by atoms with van der Waals surface area (Å²) in [5.41, 5.74) is 8.47. The molecule has 1 aromatic rings. The van der Waals surface area contributed by atoms with E-state index in [1.54, 1.807) is 0 Å². The lowest BCUT2D eigenvalue weighted by atomic mass is 9.99. The van der Waals surface area contributed by atoms with Gasteiger partial charge in [0.1, 0.15) is 6.10 Å². The van der Waals surface area contributed by atoms with Crippen molar-refractivity contribution in [1.82, 2.24) is 0 Å². The summed E-state index contributed by atoms with van der Waals surface area (Å²) < 4.78 is 37.3. The van der Waals surface area contributed by atoms with E-state index in [0.29, 0.717) is 6.07 Å². The Kier molecular flexibility index (Phi) is 3.82. The van der Waals surface area contributed by atoms with E-state index in [2.05, 4.69) is 0 Å². The number of rotatable bonds is 3. The van der Waals surface area contributed by atoms with Crippen molar-refractivity contribution in [2.45, 2.75) is 18.4 Å². The normalized spacial score (nSPS) is 15.2. The molecule has 6 N–H and O–H groups in total. The Morgan fingerprint density at radius 3 is 2.28 bits per heavy atom. The molecule has 5 nitrogen and oxygen atoms in total. The Bertz CT molecular complexity index is 462. The molecule has 0 spiro atoms. The van der Waals surface area contributed by atoms with Crippen LogP contribution in [0.4, 0.5) is 18.9 Å². The van der Waals surface area contributed by atoms with Crippen LogP contribution in [0.3, 0.4) is 0 Å². The first kappa shape index (κ1) is 14.3. The van der Waals surface area contributed by atoms with Crippen molar-refractivity contribution in [2.75, 3.05) is 5.73 Å². The van der Waals surface area contributed by atoms with Gasteiger partial charge in [-0.15, -0.1) is 0 Å². The quantitative estimate of drug-likeness (QED) is 0.583. The number of amides is 1. The highest BCUT2D eigenvalue weighted by atomic mass is 19.4. The average molecular weight is 264 g/mol. The van der Waals surface area contributed by atoms with E-state index in [1.807, 2.05) is 0 Å². The van der Waals surface area contributed by atoms with Gasteiger partial charge in [-0.1, -0.05) is 0 Å². The largest absolute Gasteiger partial charge is 0.416 e. The third-order valence-corrected chi connectivity index (χ3v) is 2.32. The molecule has 18 heavy (non-hydrogen) atoms. The number of hydrogen-bond acceptors (Lipinski definition) is 4. The first-order chi connectivity index (χ1) is 8.14. The lowest BCUT2D eigenvalue weighted by Gasteiger charge is -2.18. The second-order valence-corrected chi connectivity index (χ2v) is 3.63. The first-order valence-electron chi connectivity index (χ1n) is 4.76. The van der Waals surface area contributed by atoms with Gasteiger partial charge in [0.2, 0.25) is 5.91 Å². The Morgan fingerprint density at radius 2 is 1.83 bits per heavy atom. The van der Waals surface area contributed by atoms with Crippen molar-refractivity contribution >= 4 is 11.6 Å². The molecule has 0 fully saturated rings. The van der Waals surface area contributed by atoms with Crippen LogP contribution in [-0.2, 0) is 11.0 Å². The molecule has 1 amide bonds. The summed E-state index contributed by atoms with van der Waals surface area (Å²) in [6.45, 7) is 0. The minimum Gasteiger partial charge on any atom is -0.398 e. The van der Waals surface area contributed by atoms with Gasteiger partial charge in [-0.25, -0.2) is 0 Å². The average Bonchev–Trinajstić information content (AvgIpc) is 2.26. The van der Waals surface area contributed by atoms with Crippen molar-refractivity contribution < 1.29 is 28.2 Å². The number of aliphatic hydroxyl groups is 2. The van der Waals surface area contributed by atoms with Gasteiger partial charge in [0.15, 0.2) is 6.10 Å². The van der Waals surface area contributed by atoms with E-state index in [4.69, 9.17) is 11.5 Å². The summed E-state index contributed by atoms with van der Waals surface area (Å²) >= 11 is 0. The fraction of sp³-hybridized carbons (Fsp3) is 0.300. The number of aliphatic hydroxyl groups excluding tert-OH is 2. The van der Waals surface area contributed by atoms with Crippen molar-refractivity contribution in [3.63, 3.8) is 0 Å². The lowest BCUT2D eigenvalue weighted by Crippen LogP contribution is -2.34. The number of hydrogen-bond donors (Lipinski definition) is 4. The molecule has 0 saturated heterocycles. The zero-order valence-corrected chi connectivity index (χ0v) is 8.98. The summed E-state index contributed by atoms with van der Waals surface area (Å²) in [6.07, 6.45) is -8.57. The van der Waals surface area contributed by atoms with E-state index >= 15 is 0 Å². The van der Waals surface area contributed by atoms with Gasteiger partial charge in [0.05, 0.1) is 5.56 Å². The van der Waals surface area contributed by atoms with Crippen molar-refractivity contribution in [3.8, 4) is 0 Å². The Hall–Kier alpha value is -1.80. The van der Waals surface area contributed by atoms with E-state index in [0.717, 1.165) is 12.1 Å². The fourth-order valence-corrected chi connectivity index (χ4v) is 1.33. The summed E-state index contributed by atoms with van der Waals surface area (Å²) in [6, 6.07) is 2.21. The molecule has 100 valence electrons. The standard InChI is InChI=1S/C10H11F3N2O3/c11-10(12,13)4-1-2-6(14)5(3-4)7(16)8(17)9(15)18/h1-3,7-8,16-17H,14H2,(H2,15,18).